The SMILES string of the molecule is CC(C)(C)OC(=O)N1CC(n2ncc3c(Br)ccnc32)C1. The van der Waals surface area contributed by atoms with E-state index >= 15 is 0 Å². The molecule has 3 rings (SSSR count). The van der Waals surface area contributed by atoms with Gasteiger partial charge in [-0.25, -0.2) is 14.5 Å². The lowest BCUT2D eigenvalue weighted by Crippen LogP contribution is -2.52. The van der Waals surface area contributed by atoms with Gasteiger partial charge in [-0.2, -0.15) is 5.10 Å². The Morgan fingerprint density at radius 2 is 2.14 bits per heavy atom. The number of nitrogens with zero attached hydrogens (tertiary/aromatic N) is 4. The summed E-state index contributed by atoms with van der Waals surface area (Å²) in [5, 5.41) is 5.37. The molecule has 2 aromatic heterocycles. The lowest BCUT2D eigenvalue weighted by Gasteiger charge is -2.39. The molecule has 21 heavy (non-hydrogen) atoms. The molecule has 7 heteroatoms. The lowest BCUT2D eigenvalue weighted by molar-refractivity contribution is 0.0000871. The van der Waals surface area contributed by atoms with Crippen LogP contribution in [-0.2, 0) is 4.74 Å². The Kier molecular flexibility index (Phi) is 3.39. The van der Waals surface area contributed by atoms with Crippen LogP contribution in [0.25, 0.3) is 11.0 Å². The first kappa shape index (κ1) is 14.3. The molecule has 1 fully saturated rings. The maximum Gasteiger partial charge on any atom is 0.410 e. The first-order valence-electron chi connectivity index (χ1n) is 6.81. The number of ether oxygens (including phenoxy) is 1. The Hall–Kier alpha value is -1.63. The van der Waals surface area contributed by atoms with Gasteiger partial charge in [0.15, 0.2) is 5.65 Å². The summed E-state index contributed by atoms with van der Waals surface area (Å²) in [6, 6.07) is 2.04. The third-order valence-electron chi connectivity index (χ3n) is 3.30. The molecule has 1 aliphatic rings. The van der Waals surface area contributed by atoms with Crippen molar-refractivity contribution in [1.29, 1.82) is 0 Å². The highest BCUT2D eigenvalue weighted by atomic mass is 79.9. The normalized spacial score (nSPS) is 16.1. The van der Waals surface area contributed by atoms with Crippen LogP contribution in [0, 0.1) is 0 Å². The number of pyridine rings is 1. The fraction of sp³-hybridized carbons (Fsp3) is 0.500. The van der Waals surface area contributed by atoms with Gasteiger partial charge in [-0.3, -0.25) is 0 Å². The van der Waals surface area contributed by atoms with Gasteiger partial charge >= 0.3 is 6.09 Å². The number of hydrogen-bond donors (Lipinski definition) is 0. The fourth-order valence-corrected chi connectivity index (χ4v) is 2.67. The van der Waals surface area contributed by atoms with E-state index in [9.17, 15) is 4.79 Å². The summed E-state index contributed by atoms with van der Waals surface area (Å²) in [6.45, 7) is 6.79. The van der Waals surface area contributed by atoms with E-state index < -0.39 is 5.60 Å². The summed E-state index contributed by atoms with van der Waals surface area (Å²) in [7, 11) is 0. The second-order valence-electron chi connectivity index (χ2n) is 6.16. The Morgan fingerprint density at radius 1 is 1.43 bits per heavy atom. The molecule has 3 heterocycles. The van der Waals surface area contributed by atoms with Gasteiger partial charge < -0.3 is 9.64 Å². The van der Waals surface area contributed by atoms with Crippen LogP contribution in [0.4, 0.5) is 4.79 Å². The van der Waals surface area contributed by atoms with Crippen LogP contribution in [0.1, 0.15) is 26.8 Å². The van der Waals surface area contributed by atoms with E-state index in [1.807, 2.05) is 31.5 Å². The molecule has 0 aromatic carbocycles. The van der Waals surface area contributed by atoms with Crippen LogP contribution in [-0.4, -0.2) is 44.4 Å². The van der Waals surface area contributed by atoms with E-state index in [0.717, 1.165) is 15.5 Å². The molecule has 2 aromatic rings. The van der Waals surface area contributed by atoms with Crippen LogP contribution >= 0.6 is 15.9 Å². The number of fused-ring (bicyclic) bond motifs is 1. The smallest absolute Gasteiger partial charge is 0.410 e. The molecule has 1 amide bonds. The number of carbonyl (C=O) groups excluding carboxylic acids is 1. The molecular formula is C14H17BrN4O2. The van der Waals surface area contributed by atoms with Crippen molar-refractivity contribution in [2.24, 2.45) is 0 Å². The maximum atomic E-state index is 11.9. The van der Waals surface area contributed by atoms with E-state index in [0.29, 0.717) is 13.1 Å². The highest BCUT2D eigenvalue weighted by Crippen LogP contribution is 2.28. The average molecular weight is 353 g/mol. The van der Waals surface area contributed by atoms with Crippen molar-refractivity contribution in [1.82, 2.24) is 19.7 Å². The minimum absolute atomic E-state index is 0.150. The molecular weight excluding hydrogens is 336 g/mol. The summed E-state index contributed by atoms with van der Waals surface area (Å²) in [5.74, 6) is 0. The van der Waals surface area contributed by atoms with Crippen molar-refractivity contribution in [2.45, 2.75) is 32.4 Å². The lowest BCUT2D eigenvalue weighted by atomic mass is 10.1. The number of rotatable bonds is 1. The standard InChI is InChI=1S/C14H17BrN4O2/c1-14(2,3)21-13(20)18-7-9(8-18)19-12-10(6-17-19)11(15)4-5-16-12/h4-6,9H,7-8H2,1-3H3. The molecule has 0 bridgehead atoms. The molecule has 0 N–H and O–H groups in total. The van der Waals surface area contributed by atoms with Gasteiger partial charge in [-0.1, -0.05) is 0 Å². The van der Waals surface area contributed by atoms with Crippen molar-refractivity contribution >= 4 is 33.1 Å². The third-order valence-corrected chi connectivity index (χ3v) is 4.00. The molecule has 6 nitrogen and oxygen atoms in total. The predicted octanol–water partition coefficient (Wildman–Crippen LogP) is 2.99. The van der Waals surface area contributed by atoms with E-state index in [2.05, 4.69) is 26.0 Å². The Labute approximate surface area is 131 Å². The van der Waals surface area contributed by atoms with Crippen molar-refractivity contribution in [3.05, 3.63) is 22.9 Å². The minimum atomic E-state index is -0.465. The van der Waals surface area contributed by atoms with Crippen LogP contribution in [0.5, 0.6) is 0 Å². The largest absolute Gasteiger partial charge is 0.444 e. The second-order valence-corrected chi connectivity index (χ2v) is 7.01. The number of likely N-dealkylation sites (tertiary alicyclic amines) is 1. The van der Waals surface area contributed by atoms with Gasteiger partial charge in [0.2, 0.25) is 0 Å². The first-order chi connectivity index (χ1) is 9.85. The minimum Gasteiger partial charge on any atom is -0.444 e. The number of halogens is 1. The number of aromatic nitrogens is 3. The molecule has 0 radical (unpaired) electrons. The molecule has 0 unspecified atom stereocenters. The summed E-state index contributed by atoms with van der Waals surface area (Å²) >= 11 is 3.49. The first-order valence-corrected chi connectivity index (χ1v) is 7.60. The molecule has 0 spiro atoms. The average Bonchev–Trinajstić information content (AvgIpc) is 2.70. The number of carbonyl (C=O) groups is 1. The summed E-state index contributed by atoms with van der Waals surface area (Å²) in [6.07, 6.45) is 3.27. The van der Waals surface area contributed by atoms with Crippen LogP contribution in [0.2, 0.25) is 0 Å². The third kappa shape index (κ3) is 2.74. The van der Waals surface area contributed by atoms with E-state index in [-0.39, 0.29) is 12.1 Å². The van der Waals surface area contributed by atoms with Crippen LogP contribution in [0.3, 0.4) is 0 Å². The molecule has 0 aliphatic carbocycles. The number of hydrogen-bond acceptors (Lipinski definition) is 4. The zero-order valence-corrected chi connectivity index (χ0v) is 13.8. The van der Waals surface area contributed by atoms with E-state index in [1.165, 1.54) is 0 Å². The van der Waals surface area contributed by atoms with Gasteiger partial charge in [0.1, 0.15) is 5.60 Å². The van der Waals surface area contributed by atoms with E-state index in [4.69, 9.17) is 4.74 Å². The molecule has 0 saturated carbocycles. The predicted molar refractivity (Wildman–Crippen MR) is 82.1 cm³/mol. The second kappa shape index (κ2) is 4.98. The highest BCUT2D eigenvalue weighted by molar-refractivity contribution is 9.10. The van der Waals surface area contributed by atoms with Crippen LogP contribution < -0.4 is 0 Å². The molecule has 1 saturated heterocycles. The Bertz CT molecular complexity index is 686. The zero-order chi connectivity index (χ0) is 15.2. The summed E-state index contributed by atoms with van der Waals surface area (Å²) < 4.78 is 8.20. The van der Waals surface area contributed by atoms with Gasteiger partial charge in [-0.15, -0.1) is 0 Å². The topological polar surface area (TPSA) is 60.2 Å². The molecule has 1 aliphatic heterocycles. The van der Waals surface area contributed by atoms with Crippen LogP contribution in [0.15, 0.2) is 22.9 Å². The zero-order valence-electron chi connectivity index (χ0n) is 12.2. The fourth-order valence-electron chi connectivity index (χ4n) is 2.27. The van der Waals surface area contributed by atoms with Gasteiger partial charge in [0.05, 0.1) is 17.6 Å². The molecule has 112 valence electrons. The van der Waals surface area contributed by atoms with Gasteiger partial charge in [0.25, 0.3) is 0 Å². The Balaban J connectivity index is 1.71. The van der Waals surface area contributed by atoms with Crippen molar-refractivity contribution in [2.75, 3.05) is 13.1 Å². The highest BCUT2D eigenvalue weighted by Gasteiger charge is 2.36. The quantitative estimate of drug-likeness (QED) is 0.791. The maximum absolute atomic E-state index is 11.9. The monoisotopic (exact) mass is 352 g/mol. The molecule has 0 atom stereocenters. The summed E-state index contributed by atoms with van der Waals surface area (Å²) in [5.41, 5.74) is 0.366. The van der Waals surface area contributed by atoms with Crippen molar-refractivity contribution in [3.8, 4) is 0 Å². The summed E-state index contributed by atoms with van der Waals surface area (Å²) in [4.78, 5) is 18.0. The van der Waals surface area contributed by atoms with Gasteiger partial charge in [0, 0.05) is 23.8 Å². The Morgan fingerprint density at radius 3 is 2.81 bits per heavy atom. The van der Waals surface area contributed by atoms with Crippen molar-refractivity contribution in [3.63, 3.8) is 0 Å². The number of amides is 1. The van der Waals surface area contributed by atoms with E-state index in [1.54, 1.807) is 17.3 Å². The van der Waals surface area contributed by atoms with Crippen molar-refractivity contribution < 1.29 is 9.53 Å². The van der Waals surface area contributed by atoms with Gasteiger partial charge in [-0.05, 0) is 42.8 Å².